The highest BCUT2D eigenvalue weighted by molar-refractivity contribution is 7.99. The Labute approximate surface area is 109 Å². The number of fused-ring (bicyclic) bond motifs is 1. The molecule has 2 heterocycles. The summed E-state index contributed by atoms with van der Waals surface area (Å²) in [7, 11) is 0. The summed E-state index contributed by atoms with van der Waals surface area (Å²) >= 11 is 2.02. The number of hydrogen-bond donors (Lipinski definition) is 0. The summed E-state index contributed by atoms with van der Waals surface area (Å²) in [4.78, 5) is 6.14. The molecule has 1 aliphatic heterocycles. The van der Waals surface area contributed by atoms with Gasteiger partial charge in [0.15, 0.2) is 0 Å². The summed E-state index contributed by atoms with van der Waals surface area (Å²) in [5, 5.41) is 0. The maximum Gasteiger partial charge on any atom is 0.0475 e. The van der Waals surface area contributed by atoms with Crippen LogP contribution in [-0.4, -0.2) is 10.7 Å². The molecule has 2 heteroatoms. The van der Waals surface area contributed by atoms with Crippen LogP contribution in [0.3, 0.4) is 0 Å². The van der Waals surface area contributed by atoms with E-state index in [0.717, 1.165) is 0 Å². The van der Waals surface area contributed by atoms with E-state index in [0.29, 0.717) is 17.8 Å². The van der Waals surface area contributed by atoms with E-state index >= 15 is 0 Å². The minimum atomic E-state index is 0.532. The Morgan fingerprint density at radius 1 is 1.29 bits per heavy atom. The summed E-state index contributed by atoms with van der Waals surface area (Å²) in [6.07, 6.45) is 4.65. The van der Waals surface area contributed by atoms with Gasteiger partial charge in [-0.3, -0.25) is 4.98 Å². The van der Waals surface area contributed by atoms with Gasteiger partial charge in [0.05, 0.1) is 0 Å². The smallest absolute Gasteiger partial charge is 0.0475 e. The van der Waals surface area contributed by atoms with Gasteiger partial charge in [-0.1, -0.05) is 27.7 Å². The lowest BCUT2D eigenvalue weighted by molar-refractivity contribution is 0.455. The molecule has 0 fully saturated rings. The van der Waals surface area contributed by atoms with Crippen molar-refractivity contribution in [3.8, 4) is 0 Å². The van der Waals surface area contributed by atoms with Crippen molar-refractivity contribution in [1.82, 2.24) is 4.98 Å². The first-order valence-corrected chi connectivity index (χ1v) is 7.71. The summed E-state index contributed by atoms with van der Waals surface area (Å²) in [6, 6.07) is 2.21. The third kappa shape index (κ3) is 2.67. The van der Waals surface area contributed by atoms with Gasteiger partial charge in [0, 0.05) is 16.8 Å². The average molecular weight is 249 g/mol. The van der Waals surface area contributed by atoms with Crippen molar-refractivity contribution < 1.29 is 0 Å². The maximum absolute atomic E-state index is 4.65. The van der Waals surface area contributed by atoms with Crippen molar-refractivity contribution in [2.45, 2.75) is 57.3 Å². The van der Waals surface area contributed by atoms with Gasteiger partial charge in [0.25, 0.3) is 0 Å². The van der Waals surface area contributed by atoms with Crippen LogP contribution in [0.1, 0.15) is 63.6 Å². The number of rotatable bonds is 2. The van der Waals surface area contributed by atoms with Gasteiger partial charge in [-0.2, -0.15) is 0 Å². The van der Waals surface area contributed by atoms with E-state index in [1.807, 2.05) is 18.0 Å². The van der Waals surface area contributed by atoms with Crippen molar-refractivity contribution >= 4 is 11.8 Å². The highest BCUT2D eigenvalue weighted by Crippen LogP contribution is 2.42. The van der Waals surface area contributed by atoms with Crippen LogP contribution < -0.4 is 0 Å². The molecule has 1 aromatic rings. The Kier molecular flexibility index (Phi) is 4.13. The highest BCUT2D eigenvalue weighted by atomic mass is 32.2. The molecule has 17 heavy (non-hydrogen) atoms. The summed E-state index contributed by atoms with van der Waals surface area (Å²) in [5.74, 6) is 3.21. The third-order valence-electron chi connectivity index (χ3n) is 3.62. The molecule has 0 aliphatic carbocycles. The summed E-state index contributed by atoms with van der Waals surface area (Å²) < 4.78 is 0. The summed E-state index contributed by atoms with van der Waals surface area (Å²) in [6.45, 7) is 9.22. The molecule has 0 bridgehead atoms. The fraction of sp³-hybridized carbons (Fsp3) is 0.667. The van der Waals surface area contributed by atoms with E-state index in [1.165, 1.54) is 29.2 Å². The van der Waals surface area contributed by atoms with Crippen molar-refractivity contribution in [3.63, 3.8) is 0 Å². The van der Waals surface area contributed by atoms with E-state index in [1.54, 1.807) is 5.56 Å². The zero-order valence-corrected chi connectivity index (χ0v) is 12.2. The van der Waals surface area contributed by atoms with Crippen LogP contribution in [0.15, 0.2) is 17.2 Å². The lowest BCUT2D eigenvalue weighted by atomic mass is 9.82. The predicted octanol–water partition coefficient (Wildman–Crippen LogP) is 4.83. The van der Waals surface area contributed by atoms with Gasteiger partial charge >= 0.3 is 0 Å². The molecular weight excluding hydrogens is 226 g/mol. The van der Waals surface area contributed by atoms with Crippen molar-refractivity contribution in [2.75, 3.05) is 5.75 Å². The molecule has 1 aromatic heterocycles. The Morgan fingerprint density at radius 3 is 2.71 bits per heavy atom. The first-order valence-electron chi connectivity index (χ1n) is 6.72. The van der Waals surface area contributed by atoms with Crippen LogP contribution in [0, 0.1) is 5.92 Å². The molecule has 0 spiro atoms. The minimum absolute atomic E-state index is 0.532. The minimum Gasteiger partial charge on any atom is -0.261 e. The van der Waals surface area contributed by atoms with Crippen LogP contribution in [0.25, 0.3) is 0 Å². The largest absolute Gasteiger partial charge is 0.261 e. The Hall–Kier alpha value is -0.500. The number of aromatic nitrogens is 1. The fourth-order valence-electron chi connectivity index (χ4n) is 2.73. The Bertz CT molecular complexity index is 385. The predicted molar refractivity (Wildman–Crippen MR) is 75.9 cm³/mol. The first-order chi connectivity index (χ1) is 8.11. The van der Waals surface area contributed by atoms with Crippen LogP contribution >= 0.6 is 11.8 Å². The first kappa shape index (κ1) is 12.9. The molecule has 2 rings (SSSR count). The van der Waals surface area contributed by atoms with Crippen molar-refractivity contribution in [1.29, 1.82) is 0 Å². The van der Waals surface area contributed by atoms with Gasteiger partial charge < -0.3 is 0 Å². The second-order valence-corrected chi connectivity index (χ2v) is 6.74. The Balaban J connectivity index is 2.52. The van der Waals surface area contributed by atoms with E-state index in [4.69, 9.17) is 0 Å². The van der Waals surface area contributed by atoms with Gasteiger partial charge in [-0.25, -0.2) is 0 Å². The van der Waals surface area contributed by atoms with Crippen LogP contribution in [0.5, 0.6) is 0 Å². The zero-order chi connectivity index (χ0) is 12.4. The molecule has 94 valence electrons. The lowest BCUT2D eigenvalue weighted by Crippen LogP contribution is -2.12. The molecule has 0 N–H and O–H groups in total. The summed E-state index contributed by atoms with van der Waals surface area (Å²) in [5.41, 5.74) is 2.88. The van der Waals surface area contributed by atoms with E-state index < -0.39 is 0 Å². The lowest BCUT2D eigenvalue weighted by Gasteiger charge is -2.24. The number of pyridine rings is 1. The highest BCUT2D eigenvalue weighted by Gasteiger charge is 2.26. The van der Waals surface area contributed by atoms with Gasteiger partial charge in [-0.05, 0) is 48.0 Å². The molecule has 0 aromatic carbocycles. The van der Waals surface area contributed by atoms with Crippen LogP contribution in [0.4, 0.5) is 0 Å². The topological polar surface area (TPSA) is 12.9 Å². The second kappa shape index (κ2) is 5.43. The molecule has 0 saturated carbocycles. The van der Waals surface area contributed by atoms with Crippen LogP contribution in [-0.2, 0) is 0 Å². The molecule has 0 amide bonds. The van der Waals surface area contributed by atoms with E-state index in [9.17, 15) is 0 Å². The average Bonchev–Trinajstić information content (AvgIpc) is 2.50. The maximum atomic E-state index is 4.65. The third-order valence-corrected chi connectivity index (χ3v) is 4.78. The monoisotopic (exact) mass is 249 g/mol. The van der Waals surface area contributed by atoms with Gasteiger partial charge in [-0.15, -0.1) is 11.8 Å². The number of nitrogens with zero attached hydrogens (tertiary/aromatic N) is 1. The van der Waals surface area contributed by atoms with E-state index in [2.05, 4.69) is 38.7 Å². The molecule has 1 nitrogen and oxygen atoms in total. The van der Waals surface area contributed by atoms with Gasteiger partial charge in [0.1, 0.15) is 0 Å². The van der Waals surface area contributed by atoms with Gasteiger partial charge in [0.2, 0.25) is 0 Å². The number of hydrogen-bond acceptors (Lipinski definition) is 2. The molecule has 1 atom stereocenters. The van der Waals surface area contributed by atoms with Crippen molar-refractivity contribution in [3.05, 3.63) is 23.5 Å². The fourth-order valence-corrected chi connectivity index (χ4v) is 3.83. The number of thioether (sulfide) groups is 1. The van der Waals surface area contributed by atoms with Crippen molar-refractivity contribution in [2.24, 2.45) is 5.92 Å². The Morgan fingerprint density at radius 2 is 2.06 bits per heavy atom. The van der Waals surface area contributed by atoms with Crippen LogP contribution in [0.2, 0.25) is 0 Å². The second-order valence-electron chi connectivity index (χ2n) is 5.60. The SMILES string of the molecule is CC(C)c1nccc2c1C(C(C)C)CCCS2. The zero-order valence-electron chi connectivity index (χ0n) is 11.4. The normalized spacial score (nSPS) is 20.5. The molecule has 0 radical (unpaired) electrons. The molecule has 1 aliphatic rings. The standard InChI is InChI=1S/C15H23NS/c1-10(2)12-6-5-9-17-13-7-8-16-15(11(3)4)14(12)13/h7-8,10-12H,5-6,9H2,1-4H3. The quantitative estimate of drug-likeness (QED) is 0.744. The molecule has 0 saturated heterocycles. The molecular formula is C15H23NS. The van der Waals surface area contributed by atoms with E-state index in [-0.39, 0.29) is 0 Å². The molecule has 1 unspecified atom stereocenters.